The summed E-state index contributed by atoms with van der Waals surface area (Å²) in [6, 6.07) is 0. The Bertz CT molecular complexity index is 400. The molecule has 0 aromatic carbocycles. The topological polar surface area (TPSA) is 66.5 Å². The maximum Gasteiger partial charge on any atom is 0.240 e. The van der Waals surface area contributed by atoms with Gasteiger partial charge in [-0.2, -0.15) is 0 Å². The maximum atomic E-state index is 12.0. The van der Waals surface area contributed by atoms with E-state index in [0.29, 0.717) is 0 Å². The highest BCUT2D eigenvalue weighted by Crippen LogP contribution is 2.37. The molecule has 18 heavy (non-hydrogen) atoms. The van der Waals surface area contributed by atoms with Crippen LogP contribution in [-0.4, -0.2) is 35.7 Å². The first-order chi connectivity index (χ1) is 8.65. The normalized spacial score (nSPS) is 26.7. The van der Waals surface area contributed by atoms with Gasteiger partial charge in [-0.05, 0) is 12.8 Å². The van der Waals surface area contributed by atoms with Crippen LogP contribution in [0.2, 0.25) is 0 Å². The van der Waals surface area contributed by atoms with E-state index >= 15 is 0 Å². The molecule has 5 nitrogen and oxygen atoms in total. The van der Waals surface area contributed by atoms with Gasteiger partial charge in [0.15, 0.2) is 0 Å². The van der Waals surface area contributed by atoms with E-state index in [1.54, 1.807) is 0 Å². The van der Waals surface area contributed by atoms with Crippen molar-refractivity contribution in [3.8, 4) is 12.3 Å². The molecule has 2 rings (SSSR count). The van der Waals surface area contributed by atoms with Crippen LogP contribution < -0.4 is 5.32 Å². The number of nitrogens with one attached hydrogen (secondary N) is 1. The predicted octanol–water partition coefficient (Wildman–Crippen LogP) is -0.0890. The summed E-state index contributed by atoms with van der Waals surface area (Å²) >= 11 is 0. The molecule has 1 saturated heterocycles. The second kappa shape index (κ2) is 5.21. The molecule has 5 heteroatoms. The Kier molecular flexibility index (Phi) is 3.66. The number of fused-ring (bicyclic) bond motifs is 1. The van der Waals surface area contributed by atoms with Crippen molar-refractivity contribution < 1.29 is 14.4 Å². The molecule has 0 spiro atoms. The maximum absolute atomic E-state index is 12.0. The lowest BCUT2D eigenvalue weighted by Crippen LogP contribution is -2.41. The monoisotopic (exact) mass is 248 g/mol. The van der Waals surface area contributed by atoms with Crippen LogP contribution in [0, 0.1) is 24.2 Å². The van der Waals surface area contributed by atoms with Crippen LogP contribution in [0.5, 0.6) is 0 Å². The summed E-state index contributed by atoms with van der Waals surface area (Å²) in [5.74, 6) is 1.10. The zero-order chi connectivity index (χ0) is 13.1. The van der Waals surface area contributed by atoms with Crippen LogP contribution in [0.1, 0.15) is 25.7 Å². The van der Waals surface area contributed by atoms with Crippen LogP contribution in [0.25, 0.3) is 0 Å². The molecule has 1 aliphatic heterocycles. The Balaban J connectivity index is 2.01. The molecular formula is C13H16N2O3. The molecule has 96 valence electrons. The molecule has 0 bridgehead atoms. The number of rotatable bonds is 3. The third-order valence-corrected chi connectivity index (χ3v) is 3.62. The standard InChI is InChI=1S/C13H16N2O3/c1-2-7-14-11(16)8-15-12(17)9-5-3-4-6-10(9)13(15)18/h1,9-10H,3-8H2,(H,14,16)/t9-,10-/m0/s1. The number of hydrogen-bond acceptors (Lipinski definition) is 3. The van der Waals surface area contributed by atoms with Gasteiger partial charge < -0.3 is 5.32 Å². The zero-order valence-electron chi connectivity index (χ0n) is 10.1. The van der Waals surface area contributed by atoms with E-state index in [0.717, 1.165) is 30.6 Å². The molecule has 1 N–H and O–H groups in total. The summed E-state index contributed by atoms with van der Waals surface area (Å²) in [6.07, 6.45) is 8.51. The van der Waals surface area contributed by atoms with Crippen molar-refractivity contribution in [3.05, 3.63) is 0 Å². The highest BCUT2D eigenvalue weighted by molar-refractivity contribution is 6.07. The van der Waals surface area contributed by atoms with Crippen molar-refractivity contribution in [2.45, 2.75) is 25.7 Å². The highest BCUT2D eigenvalue weighted by atomic mass is 16.2. The van der Waals surface area contributed by atoms with Crippen molar-refractivity contribution in [2.24, 2.45) is 11.8 Å². The first kappa shape index (κ1) is 12.6. The second-order valence-corrected chi connectivity index (χ2v) is 4.74. The first-order valence-corrected chi connectivity index (χ1v) is 6.20. The lowest BCUT2D eigenvalue weighted by atomic mass is 9.81. The van der Waals surface area contributed by atoms with E-state index in [1.165, 1.54) is 0 Å². The number of likely N-dealkylation sites (tertiary alicyclic amines) is 1. The molecule has 0 radical (unpaired) electrons. The van der Waals surface area contributed by atoms with Gasteiger partial charge >= 0.3 is 0 Å². The Hall–Kier alpha value is -1.83. The predicted molar refractivity (Wildman–Crippen MR) is 64.0 cm³/mol. The number of imide groups is 1. The van der Waals surface area contributed by atoms with E-state index < -0.39 is 0 Å². The van der Waals surface area contributed by atoms with Gasteiger partial charge in [0.05, 0.1) is 18.4 Å². The number of nitrogens with zero attached hydrogens (tertiary/aromatic N) is 1. The fourth-order valence-electron chi connectivity index (χ4n) is 2.74. The number of carbonyl (C=O) groups excluding carboxylic acids is 3. The molecule has 2 fully saturated rings. The Labute approximate surface area is 106 Å². The van der Waals surface area contributed by atoms with Crippen LogP contribution in [0.3, 0.4) is 0 Å². The number of hydrogen-bond donors (Lipinski definition) is 1. The fraction of sp³-hybridized carbons (Fsp3) is 0.615. The van der Waals surface area contributed by atoms with Crippen molar-refractivity contribution in [3.63, 3.8) is 0 Å². The quantitative estimate of drug-likeness (QED) is 0.561. The minimum atomic E-state index is -0.381. The van der Waals surface area contributed by atoms with Crippen molar-refractivity contribution in [2.75, 3.05) is 13.1 Å². The van der Waals surface area contributed by atoms with Gasteiger partial charge in [-0.3, -0.25) is 19.3 Å². The molecule has 1 saturated carbocycles. The lowest BCUT2D eigenvalue weighted by Gasteiger charge is -2.19. The Morgan fingerprint density at radius 3 is 2.33 bits per heavy atom. The van der Waals surface area contributed by atoms with Gasteiger partial charge in [-0.15, -0.1) is 6.42 Å². The van der Waals surface area contributed by atoms with Gasteiger partial charge in [-0.25, -0.2) is 0 Å². The largest absolute Gasteiger partial charge is 0.344 e. The summed E-state index contributed by atoms with van der Waals surface area (Å²) < 4.78 is 0. The van der Waals surface area contributed by atoms with Crippen LogP contribution in [0.15, 0.2) is 0 Å². The minimum Gasteiger partial charge on any atom is -0.344 e. The molecule has 1 aliphatic carbocycles. The molecule has 0 unspecified atom stereocenters. The third kappa shape index (κ3) is 2.23. The van der Waals surface area contributed by atoms with E-state index in [-0.39, 0.29) is 42.6 Å². The average Bonchev–Trinajstić information content (AvgIpc) is 2.62. The fourth-order valence-corrected chi connectivity index (χ4v) is 2.74. The summed E-state index contributed by atoms with van der Waals surface area (Å²) in [6.45, 7) is -0.0890. The van der Waals surface area contributed by atoms with E-state index in [2.05, 4.69) is 11.2 Å². The highest BCUT2D eigenvalue weighted by Gasteiger charge is 2.48. The SMILES string of the molecule is C#CCNC(=O)CN1C(=O)[C@H]2CCCC[C@@H]2C1=O. The molecular weight excluding hydrogens is 232 g/mol. The first-order valence-electron chi connectivity index (χ1n) is 6.20. The number of amides is 3. The molecule has 0 aromatic heterocycles. The van der Waals surface area contributed by atoms with Gasteiger partial charge in [0.1, 0.15) is 6.54 Å². The van der Waals surface area contributed by atoms with Crippen molar-refractivity contribution >= 4 is 17.7 Å². The molecule has 0 aromatic rings. The zero-order valence-corrected chi connectivity index (χ0v) is 10.1. The van der Waals surface area contributed by atoms with Gasteiger partial charge in [0, 0.05) is 0 Å². The summed E-state index contributed by atoms with van der Waals surface area (Å²) in [5.41, 5.74) is 0. The Morgan fingerprint density at radius 2 is 1.83 bits per heavy atom. The molecule has 2 atom stereocenters. The van der Waals surface area contributed by atoms with Crippen molar-refractivity contribution in [1.82, 2.24) is 10.2 Å². The summed E-state index contributed by atoms with van der Waals surface area (Å²) in [7, 11) is 0. The van der Waals surface area contributed by atoms with Gasteiger partial charge in [0.25, 0.3) is 0 Å². The molecule has 2 aliphatic rings. The number of terminal acetylenes is 1. The average molecular weight is 248 g/mol. The van der Waals surface area contributed by atoms with E-state index in [9.17, 15) is 14.4 Å². The smallest absolute Gasteiger partial charge is 0.240 e. The number of carbonyl (C=O) groups is 3. The van der Waals surface area contributed by atoms with E-state index in [1.807, 2.05) is 0 Å². The molecule has 1 heterocycles. The van der Waals surface area contributed by atoms with Crippen LogP contribution in [0.4, 0.5) is 0 Å². The van der Waals surface area contributed by atoms with Crippen LogP contribution in [-0.2, 0) is 14.4 Å². The van der Waals surface area contributed by atoms with Crippen molar-refractivity contribution in [1.29, 1.82) is 0 Å². The van der Waals surface area contributed by atoms with Gasteiger partial charge in [-0.1, -0.05) is 18.8 Å². The van der Waals surface area contributed by atoms with Gasteiger partial charge in [0.2, 0.25) is 17.7 Å². The summed E-state index contributed by atoms with van der Waals surface area (Å²) in [5, 5.41) is 2.46. The Morgan fingerprint density at radius 1 is 1.28 bits per heavy atom. The third-order valence-electron chi connectivity index (χ3n) is 3.62. The lowest BCUT2D eigenvalue weighted by molar-refractivity contribution is -0.143. The second-order valence-electron chi connectivity index (χ2n) is 4.74. The van der Waals surface area contributed by atoms with Crippen LogP contribution >= 0.6 is 0 Å². The van der Waals surface area contributed by atoms with E-state index in [4.69, 9.17) is 6.42 Å². The molecule has 3 amide bonds. The minimum absolute atomic E-state index is 0.113. The summed E-state index contributed by atoms with van der Waals surface area (Å²) in [4.78, 5) is 36.7.